The summed E-state index contributed by atoms with van der Waals surface area (Å²) in [7, 11) is 0. The molecule has 4 atom stereocenters. The number of carbonyl (C=O) groups excluding carboxylic acids is 2. The molecule has 3 heterocycles. The Balaban J connectivity index is 0.00000134. The molecule has 1 aliphatic heterocycles. The van der Waals surface area contributed by atoms with Crippen molar-refractivity contribution in [2.24, 2.45) is 11.3 Å². The molecule has 244 valence electrons. The first-order valence-corrected chi connectivity index (χ1v) is 16.5. The molecule has 1 fully saturated rings. The van der Waals surface area contributed by atoms with Crippen LogP contribution in [0.2, 0.25) is 0 Å². The maximum Gasteiger partial charge on any atom is 0.247 e. The van der Waals surface area contributed by atoms with E-state index < -0.39 is 12.2 Å². The van der Waals surface area contributed by atoms with Crippen LogP contribution in [0.3, 0.4) is 0 Å². The lowest BCUT2D eigenvalue weighted by Crippen LogP contribution is -2.27. The van der Waals surface area contributed by atoms with Gasteiger partial charge in [-0.15, -0.1) is 0 Å². The number of hydrogen-bond acceptors (Lipinski definition) is 7. The summed E-state index contributed by atoms with van der Waals surface area (Å²) in [5.74, 6) is 0.783. The molecule has 0 amide bonds. The summed E-state index contributed by atoms with van der Waals surface area (Å²) in [5.41, 5.74) is 8.64. The minimum atomic E-state index is -0.726. The Kier molecular flexibility index (Phi) is 10.5. The van der Waals surface area contributed by atoms with Gasteiger partial charge in [0, 0.05) is 49.5 Å². The number of allylic oxidation sites excluding steroid dienone is 1. The summed E-state index contributed by atoms with van der Waals surface area (Å²) in [6.45, 7) is 9.99. The highest BCUT2D eigenvalue weighted by Gasteiger charge is 2.32. The Morgan fingerprint density at radius 1 is 1.07 bits per heavy atom. The van der Waals surface area contributed by atoms with Gasteiger partial charge in [-0.1, -0.05) is 45.0 Å². The Bertz CT molecular complexity index is 1600. The molecule has 0 radical (unpaired) electrons. The molecular weight excluding hydrogens is 578 g/mol. The smallest absolute Gasteiger partial charge is 0.247 e. The number of aldehydes is 1. The van der Waals surface area contributed by atoms with Crippen LogP contribution in [0.25, 0.3) is 17.2 Å². The number of nitrogens with one attached hydrogen (secondary N) is 1. The molecule has 8 nitrogen and oxygen atoms in total. The number of aryl methyl sites for hydroxylation is 1. The van der Waals surface area contributed by atoms with E-state index in [0.717, 1.165) is 65.5 Å². The second-order valence-electron chi connectivity index (χ2n) is 14.1. The zero-order valence-electron chi connectivity index (χ0n) is 27.5. The largest absolute Gasteiger partial charge is 0.389 e. The number of benzene rings is 1. The fourth-order valence-corrected chi connectivity index (χ4v) is 6.98. The van der Waals surface area contributed by atoms with E-state index in [1.54, 1.807) is 12.3 Å². The number of rotatable bonds is 8. The fraction of sp³-hybridized carbons (Fsp3) is 0.474. The highest BCUT2D eigenvalue weighted by atomic mass is 16.3. The zero-order valence-corrected chi connectivity index (χ0v) is 27.5. The van der Waals surface area contributed by atoms with Gasteiger partial charge in [-0.3, -0.25) is 19.5 Å². The third kappa shape index (κ3) is 7.97. The first kappa shape index (κ1) is 33.6. The van der Waals surface area contributed by atoms with Gasteiger partial charge in [0.1, 0.15) is 6.29 Å². The highest BCUT2D eigenvalue weighted by Crippen LogP contribution is 2.39. The summed E-state index contributed by atoms with van der Waals surface area (Å²) in [5, 5.41) is 20.1. The van der Waals surface area contributed by atoms with Crippen LogP contribution in [0.15, 0.2) is 59.0 Å². The van der Waals surface area contributed by atoms with Gasteiger partial charge in [-0.05, 0) is 102 Å². The van der Waals surface area contributed by atoms with E-state index in [0.29, 0.717) is 38.4 Å². The summed E-state index contributed by atoms with van der Waals surface area (Å²) >= 11 is 0. The van der Waals surface area contributed by atoms with E-state index >= 15 is 0 Å². The molecule has 2 aromatic heterocycles. The number of Topliss-reactive ketones (excluding diaryl/α,β-unsaturated/α-hetero) is 1. The number of fused-ring (bicyclic) bond motifs is 2. The number of aliphatic hydroxyl groups is 2. The lowest BCUT2D eigenvalue weighted by Gasteiger charge is -2.34. The van der Waals surface area contributed by atoms with Crippen LogP contribution in [0, 0.1) is 11.3 Å². The highest BCUT2D eigenvalue weighted by molar-refractivity contribution is 6.02. The first-order chi connectivity index (χ1) is 21.9. The van der Waals surface area contributed by atoms with Crippen molar-refractivity contribution in [1.82, 2.24) is 14.9 Å². The van der Waals surface area contributed by atoms with Gasteiger partial charge in [0.2, 0.25) is 5.56 Å². The van der Waals surface area contributed by atoms with Crippen molar-refractivity contribution in [2.45, 2.75) is 84.3 Å². The fourth-order valence-electron chi connectivity index (χ4n) is 6.98. The number of hydrogen-bond donors (Lipinski definition) is 3. The molecule has 3 N–H and O–H groups in total. The lowest BCUT2D eigenvalue weighted by molar-refractivity contribution is -0.116. The molecule has 3 aliphatic rings. The monoisotopic (exact) mass is 625 g/mol. The Morgan fingerprint density at radius 2 is 1.74 bits per heavy atom. The van der Waals surface area contributed by atoms with Gasteiger partial charge in [-0.2, -0.15) is 0 Å². The van der Waals surface area contributed by atoms with Crippen LogP contribution in [0.5, 0.6) is 0 Å². The number of likely N-dealkylation sites (tertiary alicyclic amines) is 1. The predicted octanol–water partition coefficient (Wildman–Crippen LogP) is 4.90. The minimum absolute atomic E-state index is 0.00895. The summed E-state index contributed by atoms with van der Waals surface area (Å²) < 4.78 is 0. The molecule has 0 spiro atoms. The number of nitrogens with zero attached hydrogens (tertiary/aromatic N) is 2. The molecule has 8 heteroatoms. The van der Waals surface area contributed by atoms with E-state index in [-0.39, 0.29) is 22.7 Å². The van der Waals surface area contributed by atoms with Crippen molar-refractivity contribution in [2.75, 3.05) is 19.6 Å². The van der Waals surface area contributed by atoms with E-state index in [2.05, 4.69) is 54.9 Å². The van der Waals surface area contributed by atoms with Gasteiger partial charge >= 0.3 is 0 Å². The third-order valence-electron chi connectivity index (χ3n) is 9.83. The second kappa shape index (κ2) is 14.4. The number of aliphatic hydroxyl groups excluding tert-OH is 2. The average Bonchev–Trinajstić information content (AvgIpc) is 3.59. The van der Waals surface area contributed by atoms with Crippen LogP contribution in [-0.2, 0) is 28.9 Å². The van der Waals surface area contributed by atoms with Crippen molar-refractivity contribution >= 4 is 18.1 Å². The van der Waals surface area contributed by atoms with Crippen molar-refractivity contribution < 1.29 is 19.8 Å². The summed E-state index contributed by atoms with van der Waals surface area (Å²) in [4.78, 5) is 43.9. The quantitative estimate of drug-likeness (QED) is 0.304. The van der Waals surface area contributed by atoms with Crippen LogP contribution in [-0.4, -0.2) is 69.0 Å². The Labute approximate surface area is 271 Å². The maximum atomic E-state index is 13.8. The Morgan fingerprint density at radius 3 is 2.37 bits per heavy atom. The SMILES string of the molecule is CC(C)(C)[C@H]1CCc2nc3c(cc2C1)C=C(C(=O)C[C@H](CCN1C[C@@H](O)[C@@H](O)C1)c1ccc(-c2ccc(=O)[nH]c2)cc1)C3.CC=O. The predicted molar refractivity (Wildman–Crippen MR) is 181 cm³/mol. The number of ketones is 1. The van der Waals surface area contributed by atoms with Crippen LogP contribution in [0.1, 0.15) is 81.0 Å². The molecule has 6 rings (SSSR count). The van der Waals surface area contributed by atoms with Crippen LogP contribution in [0.4, 0.5) is 0 Å². The number of pyridine rings is 2. The molecule has 1 saturated heterocycles. The standard InChI is InChI=1S/C36H43N3O4.C2H4O/c1-36(2,3)29-9-10-30-27(16-29)14-26-15-28(17-31(26)38-30)32(40)18-24(12-13-39-20-33(41)34(42)21-39)22-4-6-23(7-5-22)25-8-11-35(43)37-19-25;1-2-3/h4-8,11,14-15,19,24,29,33-34,41-42H,9-10,12-13,16-18,20-21H2,1-3H3,(H,37,43);2H,1H3/t24-,29-,33-,34+;/m0./s1. The van der Waals surface area contributed by atoms with E-state index in [9.17, 15) is 19.8 Å². The Hall–Kier alpha value is -3.72. The number of aromatic amines is 1. The number of H-pyrrole nitrogens is 1. The number of carbonyl (C=O) groups is 2. The topological polar surface area (TPSA) is 124 Å². The average molecular weight is 626 g/mol. The molecule has 0 bridgehead atoms. The van der Waals surface area contributed by atoms with Gasteiger partial charge < -0.3 is 20.0 Å². The van der Waals surface area contributed by atoms with Crippen LogP contribution >= 0.6 is 0 Å². The third-order valence-corrected chi connectivity index (χ3v) is 9.83. The normalized spacial score (nSPS) is 21.4. The van der Waals surface area contributed by atoms with E-state index in [1.165, 1.54) is 24.2 Å². The van der Waals surface area contributed by atoms with Crippen molar-refractivity contribution in [1.29, 1.82) is 0 Å². The van der Waals surface area contributed by atoms with Crippen molar-refractivity contribution in [3.8, 4) is 11.1 Å². The minimum Gasteiger partial charge on any atom is -0.389 e. The maximum absolute atomic E-state index is 13.8. The van der Waals surface area contributed by atoms with E-state index in [4.69, 9.17) is 9.78 Å². The van der Waals surface area contributed by atoms with Gasteiger partial charge in [0.15, 0.2) is 5.78 Å². The molecule has 0 saturated carbocycles. The molecular formula is C38H47N3O5. The first-order valence-electron chi connectivity index (χ1n) is 16.5. The lowest BCUT2D eigenvalue weighted by atomic mass is 9.71. The summed E-state index contributed by atoms with van der Waals surface area (Å²) in [6, 6.07) is 13.8. The second-order valence-corrected chi connectivity index (χ2v) is 14.1. The molecule has 1 aromatic carbocycles. The summed E-state index contributed by atoms with van der Waals surface area (Å²) in [6.07, 6.45) is 8.01. The molecule has 46 heavy (non-hydrogen) atoms. The zero-order chi connectivity index (χ0) is 33.0. The molecule has 2 aliphatic carbocycles. The molecule has 0 unspecified atom stereocenters. The number of β-amino-alcohol motifs (C(OH)–C–C–N with tert-alkyl or cyclic N) is 2. The number of aromatic nitrogens is 2. The van der Waals surface area contributed by atoms with Crippen LogP contribution < -0.4 is 5.56 Å². The van der Waals surface area contributed by atoms with Crippen molar-refractivity contribution in [3.63, 3.8) is 0 Å². The van der Waals surface area contributed by atoms with E-state index in [1.807, 2.05) is 12.1 Å². The van der Waals surface area contributed by atoms with Gasteiger partial charge in [0.05, 0.1) is 17.9 Å². The van der Waals surface area contributed by atoms with Crippen molar-refractivity contribution in [3.05, 3.63) is 92.7 Å². The van der Waals surface area contributed by atoms with Gasteiger partial charge in [-0.25, -0.2) is 0 Å². The van der Waals surface area contributed by atoms with Gasteiger partial charge in [0.25, 0.3) is 0 Å². The molecule has 3 aromatic rings.